The lowest BCUT2D eigenvalue weighted by molar-refractivity contribution is 0.416. The van der Waals surface area contributed by atoms with Crippen molar-refractivity contribution in [2.45, 2.75) is 6.92 Å². The van der Waals surface area contributed by atoms with E-state index in [9.17, 15) is 0 Å². The van der Waals surface area contributed by atoms with Crippen LogP contribution in [0.3, 0.4) is 0 Å². The van der Waals surface area contributed by atoms with Crippen LogP contribution in [0, 0.1) is 6.92 Å². The van der Waals surface area contributed by atoms with Crippen LogP contribution in [0.4, 0.5) is 17.1 Å². The van der Waals surface area contributed by atoms with Crippen LogP contribution < -0.4 is 15.4 Å². The molecule has 0 saturated heterocycles. The molecule has 0 unspecified atom stereocenters. The zero-order chi connectivity index (χ0) is 13.0. The highest BCUT2D eigenvalue weighted by molar-refractivity contribution is 5.68. The molecule has 0 aliphatic heterocycles. The number of aromatic nitrogens is 1. The molecule has 0 spiro atoms. The molecule has 0 radical (unpaired) electrons. The molecule has 0 atom stereocenters. The minimum absolute atomic E-state index is 0.815. The fraction of sp³-hybridized carbons (Fsp3) is 0.214. The number of hydrogen-bond donors (Lipinski definition) is 2. The second kappa shape index (κ2) is 5.40. The maximum absolute atomic E-state index is 5.33. The van der Waals surface area contributed by atoms with Gasteiger partial charge in [-0.1, -0.05) is 6.07 Å². The van der Waals surface area contributed by atoms with Gasteiger partial charge in [0.2, 0.25) is 0 Å². The highest BCUT2D eigenvalue weighted by Gasteiger charge is 2.04. The second-order valence-corrected chi connectivity index (χ2v) is 4.04. The molecule has 0 bridgehead atoms. The first-order valence-electron chi connectivity index (χ1n) is 5.77. The Kier molecular flexibility index (Phi) is 3.67. The van der Waals surface area contributed by atoms with E-state index in [0.29, 0.717) is 0 Å². The lowest BCUT2D eigenvalue weighted by atomic mass is 10.2. The number of methoxy groups -OCH3 is 1. The quantitative estimate of drug-likeness (QED) is 0.865. The first-order chi connectivity index (χ1) is 8.72. The van der Waals surface area contributed by atoms with Crippen LogP contribution in [0.5, 0.6) is 5.75 Å². The van der Waals surface area contributed by atoms with Gasteiger partial charge in [-0.05, 0) is 30.7 Å². The Hall–Kier alpha value is -2.23. The lowest BCUT2D eigenvalue weighted by Crippen LogP contribution is -1.97. The SMILES string of the molecule is CNc1cncc(Nc2cc(C)ccc2OC)c1. The Labute approximate surface area is 107 Å². The van der Waals surface area contributed by atoms with E-state index < -0.39 is 0 Å². The average molecular weight is 243 g/mol. The number of anilines is 3. The molecule has 2 rings (SSSR count). The van der Waals surface area contributed by atoms with Crippen LogP contribution in [-0.2, 0) is 0 Å². The summed E-state index contributed by atoms with van der Waals surface area (Å²) in [5.41, 5.74) is 4.00. The molecule has 94 valence electrons. The van der Waals surface area contributed by atoms with E-state index in [1.165, 1.54) is 5.56 Å². The van der Waals surface area contributed by atoms with Crippen molar-refractivity contribution in [3.8, 4) is 5.75 Å². The van der Waals surface area contributed by atoms with Gasteiger partial charge in [0.05, 0.1) is 36.6 Å². The van der Waals surface area contributed by atoms with E-state index in [2.05, 4.69) is 15.6 Å². The normalized spacial score (nSPS) is 9.94. The minimum atomic E-state index is 0.815. The molecule has 1 aromatic heterocycles. The highest BCUT2D eigenvalue weighted by atomic mass is 16.5. The molecule has 0 aliphatic carbocycles. The van der Waals surface area contributed by atoms with Crippen molar-refractivity contribution in [2.24, 2.45) is 0 Å². The summed E-state index contributed by atoms with van der Waals surface area (Å²) in [7, 11) is 3.53. The molecule has 0 amide bonds. The molecule has 1 heterocycles. The van der Waals surface area contributed by atoms with Crippen LogP contribution >= 0.6 is 0 Å². The van der Waals surface area contributed by atoms with Gasteiger partial charge in [0.25, 0.3) is 0 Å². The first-order valence-corrected chi connectivity index (χ1v) is 5.77. The average Bonchev–Trinajstić information content (AvgIpc) is 2.39. The Morgan fingerprint density at radius 2 is 1.89 bits per heavy atom. The predicted octanol–water partition coefficient (Wildman–Crippen LogP) is 3.18. The van der Waals surface area contributed by atoms with Crippen molar-refractivity contribution >= 4 is 17.1 Å². The van der Waals surface area contributed by atoms with Crippen molar-refractivity contribution in [1.82, 2.24) is 4.98 Å². The van der Waals surface area contributed by atoms with Gasteiger partial charge >= 0.3 is 0 Å². The maximum Gasteiger partial charge on any atom is 0.142 e. The predicted molar refractivity (Wildman–Crippen MR) is 74.8 cm³/mol. The molecular weight excluding hydrogens is 226 g/mol. The van der Waals surface area contributed by atoms with E-state index in [-0.39, 0.29) is 0 Å². The van der Waals surface area contributed by atoms with E-state index in [4.69, 9.17) is 4.74 Å². The third-order valence-electron chi connectivity index (χ3n) is 2.66. The number of nitrogens with zero attached hydrogens (tertiary/aromatic N) is 1. The summed E-state index contributed by atoms with van der Waals surface area (Å²) in [5.74, 6) is 0.815. The Morgan fingerprint density at radius 3 is 2.61 bits per heavy atom. The van der Waals surface area contributed by atoms with Crippen molar-refractivity contribution in [3.63, 3.8) is 0 Å². The molecule has 4 nitrogen and oxygen atoms in total. The largest absolute Gasteiger partial charge is 0.495 e. The summed E-state index contributed by atoms with van der Waals surface area (Å²) in [6.07, 6.45) is 3.56. The third-order valence-corrected chi connectivity index (χ3v) is 2.66. The lowest BCUT2D eigenvalue weighted by Gasteiger charge is -2.12. The van der Waals surface area contributed by atoms with Crippen molar-refractivity contribution in [3.05, 3.63) is 42.2 Å². The van der Waals surface area contributed by atoms with Gasteiger partial charge in [0, 0.05) is 7.05 Å². The van der Waals surface area contributed by atoms with E-state index in [1.807, 2.05) is 38.2 Å². The van der Waals surface area contributed by atoms with Gasteiger partial charge in [-0.15, -0.1) is 0 Å². The number of pyridine rings is 1. The third kappa shape index (κ3) is 2.71. The number of aryl methyl sites for hydroxylation is 1. The number of ether oxygens (including phenoxy) is 1. The molecule has 1 aromatic carbocycles. The van der Waals surface area contributed by atoms with E-state index in [0.717, 1.165) is 22.8 Å². The fourth-order valence-electron chi connectivity index (χ4n) is 1.72. The monoisotopic (exact) mass is 243 g/mol. The summed E-state index contributed by atoms with van der Waals surface area (Å²) >= 11 is 0. The van der Waals surface area contributed by atoms with Gasteiger partial charge in [-0.25, -0.2) is 0 Å². The van der Waals surface area contributed by atoms with Gasteiger partial charge in [0.15, 0.2) is 0 Å². The van der Waals surface area contributed by atoms with E-state index in [1.54, 1.807) is 19.5 Å². The van der Waals surface area contributed by atoms with Gasteiger partial charge in [-0.2, -0.15) is 0 Å². The van der Waals surface area contributed by atoms with Gasteiger partial charge in [-0.3, -0.25) is 4.98 Å². The molecular formula is C14H17N3O. The second-order valence-electron chi connectivity index (χ2n) is 4.04. The topological polar surface area (TPSA) is 46.2 Å². The van der Waals surface area contributed by atoms with Crippen molar-refractivity contribution in [2.75, 3.05) is 24.8 Å². The molecule has 4 heteroatoms. The summed E-state index contributed by atoms with van der Waals surface area (Å²) in [6, 6.07) is 8.01. The van der Waals surface area contributed by atoms with Crippen LogP contribution in [0.1, 0.15) is 5.56 Å². The summed E-state index contributed by atoms with van der Waals surface area (Å²) in [4.78, 5) is 4.16. The van der Waals surface area contributed by atoms with Crippen molar-refractivity contribution < 1.29 is 4.74 Å². The number of benzene rings is 1. The van der Waals surface area contributed by atoms with Gasteiger partial charge < -0.3 is 15.4 Å². The summed E-state index contributed by atoms with van der Waals surface area (Å²) < 4.78 is 5.33. The standard InChI is InChI=1S/C14H17N3O/c1-10-4-5-14(18-3)13(6-10)17-12-7-11(15-2)8-16-9-12/h4-9,15,17H,1-3H3. The van der Waals surface area contributed by atoms with Crippen LogP contribution in [0.15, 0.2) is 36.7 Å². The highest BCUT2D eigenvalue weighted by Crippen LogP contribution is 2.28. The smallest absolute Gasteiger partial charge is 0.142 e. The fourth-order valence-corrected chi connectivity index (χ4v) is 1.72. The van der Waals surface area contributed by atoms with E-state index >= 15 is 0 Å². The molecule has 2 N–H and O–H groups in total. The number of rotatable bonds is 4. The van der Waals surface area contributed by atoms with Gasteiger partial charge in [0.1, 0.15) is 5.75 Å². The Balaban J connectivity index is 2.29. The minimum Gasteiger partial charge on any atom is -0.495 e. The van der Waals surface area contributed by atoms with Crippen LogP contribution in [0.2, 0.25) is 0 Å². The molecule has 2 aromatic rings. The zero-order valence-electron chi connectivity index (χ0n) is 10.8. The summed E-state index contributed by atoms with van der Waals surface area (Å²) in [6.45, 7) is 2.05. The Morgan fingerprint density at radius 1 is 1.11 bits per heavy atom. The van der Waals surface area contributed by atoms with Crippen LogP contribution in [-0.4, -0.2) is 19.1 Å². The Bertz CT molecular complexity index is 540. The molecule has 18 heavy (non-hydrogen) atoms. The number of hydrogen-bond acceptors (Lipinski definition) is 4. The zero-order valence-corrected chi connectivity index (χ0v) is 10.8. The first kappa shape index (κ1) is 12.2. The number of nitrogens with one attached hydrogen (secondary N) is 2. The molecule has 0 aliphatic rings. The maximum atomic E-state index is 5.33. The van der Waals surface area contributed by atoms with Crippen molar-refractivity contribution in [1.29, 1.82) is 0 Å². The molecule has 0 saturated carbocycles. The van der Waals surface area contributed by atoms with Crippen LogP contribution in [0.25, 0.3) is 0 Å². The summed E-state index contributed by atoms with van der Waals surface area (Å²) in [5, 5.41) is 6.37. The molecule has 0 fully saturated rings.